The van der Waals surface area contributed by atoms with Gasteiger partial charge in [-0.25, -0.2) is 4.39 Å². The molecule has 0 aromatic heterocycles. The lowest BCUT2D eigenvalue weighted by atomic mass is 10.2. The summed E-state index contributed by atoms with van der Waals surface area (Å²) in [6.45, 7) is 0.251. The van der Waals surface area contributed by atoms with Gasteiger partial charge in [0.05, 0.1) is 9.50 Å². The fraction of sp³-hybridized carbons (Fsp3) is 0.0769. The third-order valence-corrected chi connectivity index (χ3v) is 3.36. The molecule has 94 valence electrons. The molecule has 2 N–H and O–H groups in total. The summed E-state index contributed by atoms with van der Waals surface area (Å²) < 4.78 is 19.3. The molecule has 2 aromatic rings. The van der Waals surface area contributed by atoms with E-state index in [4.69, 9.17) is 22.1 Å². The highest BCUT2D eigenvalue weighted by molar-refractivity contribution is 9.10. The Morgan fingerprint density at radius 3 is 2.72 bits per heavy atom. The Kier molecular flexibility index (Phi) is 4.09. The van der Waals surface area contributed by atoms with E-state index in [2.05, 4.69) is 15.9 Å². The van der Waals surface area contributed by atoms with Gasteiger partial charge in [0, 0.05) is 17.3 Å². The fourth-order valence-electron chi connectivity index (χ4n) is 1.42. The summed E-state index contributed by atoms with van der Waals surface area (Å²) in [6.07, 6.45) is 0. The molecule has 0 atom stereocenters. The minimum Gasteiger partial charge on any atom is -0.488 e. The molecular formula is C13H10BrClFNO. The SMILES string of the molecule is Nc1ccc(Br)c(OCc2ccc(F)cc2Cl)c1. The third-order valence-electron chi connectivity index (χ3n) is 2.35. The normalized spacial score (nSPS) is 10.4. The van der Waals surface area contributed by atoms with E-state index in [0.29, 0.717) is 22.0 Å². The van der Waals surface area contributed by atoms with E-state index in [0.717, 1.165) is 4.47 Å². The van der Waals surface area contributed by atoms with Crippen molar-refractivity contribution in [3.8, 4) is 5.75 Å². The number of hydrogen-bond acceptors (Lipinski definition) is 2. The van der Waals surface area contributed by atoms with Crippen molar-refractivity contribution in [2.45, 2.75) is 6.61 Å². The number of halogens is 3. The van der Waals surface area contributed by atoms with Crippen LogP contribution in [-0.4, -0.2) is 0 Å². The highest BCUT2D eigenvalue weighted by Gasteiger charge is 2.05. The van der Waals surface area contributed by atoms with Gasteiger partial charge in [-0.2, -0.15) is 0 Å². The van der Waals surface area contributed by atoms with E-state index in [9.17, 15) is 4.39 Å². The van der Waals surface area contributed by atoms with Gasteiger partial charge in [0.2, 0.25) is 0 Å². The monoisotopic (exact) mass is 329 g/mol. The Hall–Kier alpha value is -1.26. The van der Waals surface area contributed by atoms with Gasteiger partial charge in [0.15, 0.2) is 0 Å². The van der Waals surface area contributed by atoms with Crippen molar-refractivity contribution in [1.29, 1.82) is 0 Å². The van der Waals surface area contributed by atoms with Gasteiger partial charge in [0.25, 0.3) is 0 Å². The Bertz CT molecular complexity index is 577. The lowest BCUT2D eigenvalue weighted by molar-refractivity contribution is 0.304. The zero-order valence-corrected chi connectivity index (χ0v) is 11.6. The lowest BCUT2D eigenvalue weighted by Gasteiger charge is -2.10. The van der Waals surface area contributed by atoms with E-state index in [1.165, 1.54) is 12.1 Å². The predicted molar refractivity (Wildman–Crippen MR) is 74.3 cm³/mol. The molecule has 0 aliphatic rings. The van der Waals surface area contributed by atoms with Gasteiger partial charge in [-0.15, -0.1) is 0 Å². The van der Waals surface area contributed by atoms with Crippen LogP contribution in [0.15, 0.2) is 40.9 Å². The second-order valence-electron chi connectivity index (χ2n) is 3.71. The van der Waals surface area contributed by atoms with Crippen LogP contribution in [-0.2, 0) is 6.61 Å². The third kappa shape index (κ3) is 3.15. The van der Waals surface area contributed by atoms with Crippen LogP contribution in [0.1, 0.15) is 5.56 Å². The van der Waals surface area contributed by atoms with E-state index >= 15 is 0 Å². The van der Waals surface area contributed by atoms with Crippen molar-refractivity contribution in [2.75, 3.05) is 5.73 Å². The van der Waals surface area contributed by atoms with Crippen molar-refractivity contribution in [1.82, 2.24) is 0 Å². The number of nitrogens with two attached hydrogens (primary N) is 1. The molecule has 0 aliphatic heterocycles. The van der Waals surface area contributed by atoms with Crippen LogP contribution in [0.3, 0.4) is 0 Å². The van der Waals surface area contributed by atoms with Crippen molar-refractivity contribution in [2.24, 2.45) is 0 Å². The number of rotatable bonds is 3. The first kappa shape index (κ1) is 13.2. The van der Waals surface area contributed by atoms with Gasteiger partial charge in [-0.3, -0.25) is 0 Å². The molecule has 2 aromatic carbocycles. The molecule has 2 nitrogen and oxygen atoms in total. The summed E-state index contributed by atoms with van der Waals surface area (Å²) >= 11 is 9.27. The van der Waals surface area contributed by atoms with Crippen LogP contribution >= 0.6 is 27.5 Å². The minimum atomic E-state index is -0.367. The van der Waals surface area contributed by atoms with Crippen LogP contribution in [0.4, 0.5) is 10.1 Å². The van der Waals surface area contributed by atoms with Crippen molar-refractivity contribution >= 4 is 33.2 Å². The zero-order chi connectivity index (χ0) is 13.1. The fourth-order valence-corrected chi connectivity index (χ4v) is 2.01. The van der Waals surface area contributed by atoms with Gasteiger partial charge < -0.3 is 10.5 Å². The van der Waals surface area contributed by atoms with Crippen LogP contribution in [0.2, 0.25) is 5.02 Å². The maximum atomic E-state index is 12.9. The maximum absolute atomic E-state index is 12.9. The van der Waals surface area contributed by atoms with E-state index in [1.807, 2.05) is 0 Å². The Labute approximate surface area is 118 Å². The minimum absolute atomic E-state index is 0.251. The highest BCUT2D eigenvalue weighted by atomic mass is 79.9. The molecule has 0 fully saturated rings. The number of benzene rings is 2. The van der Waals surface area contributed by atoms with E-state index in [-0.39, 0.29) is 12.4 Å². The summed E-state index contributed by atoms with van der Waals surface area (Å²) in [5, 5.41) is 0.343. The topological polar surface area (TPSA) is 35.2 Å². The molecule has 2 rings (SSSR count). The maximum Gasteiger partial charge on any atom is 0.136 e. The summed E-state index contributed by atoms with van der Waals surface area (Å²) in [5.74, 6) is 0.254. The quantitative estimate of drug-likeness (QED) is 0.846. The first-order chi connectivity index (χ1) is 8.56. The molecule has 0 amide bonds. The standard InChI is InChI=1S/C13H10BrClFNO/c14-11-4-3-10(17)6-13(11)18-7-8-1-2-9(16)5-12(8)15/h1-6H,7,17H2. The van der Waals surface area contributed by atoms with Crippen LogP contribution in [0, 0.1) is 5.82 Å². The molecule has 0 bridgehead atoms. The molecule has 0 saturated carbocycles. The highest BCUT2D eigenvalue weighted by Crippen LogP contribution is 2.28. The van der Waals surface area contributed by atoms with Crippen molar-refractivity contribution < 1.29 is 9.13 Å². The predicted octanol–water partition coefficient (Wildman–Crippen LogP) is 4.40. The summed E-state index contributed by atoms with van der Waals surface area (Å²) in [6, 6.07) is 9.48. The summed E-state index contributed by atoms with van der Waals surface area (Å²) in [7, 11) is 0. The molecule has 0 aliphatic carbocycles. The average molecular weight is 331 g/mol. The zero-order valence-electron chi connectivity index (χ0n) is 9.29. The van der Waals surface area contributed by atoms with Gasteiger partial charge >= 0.3 is 0 Å². The molecule has 0 saturated heterocycles. The molecule has 18 heavy (non-hydrogen) atoms. The first-order valence-corrected chi connectivity index (χ1v) is 6.35. The molecule has 0 radical (unpaired) electrons. The van der Waals surface area contributed by atoms with Crippen LogP contribution in [0.25, 0.3) is 0 Å². The van der Waals surface area contributed by atoms with Crippen molar-refractivity contribution in [3.63, 3.8) is 0 Å². The van der Waals surface area contributed by atoms with Crippen LogP contribution in [0.5, 0.6) is 5.75 Å². The smallest absolute Gasteiger partial charge is 0.136 e. The van der Waals surface area contributed by atoms with Crippen molar-refractivity contribution in [3.05, 3.63) is 57.3 Å². The van der Waals surface area contributed by atoms with E-state index in [1.54, 1.807) is 24.3 Å². The average Bonchev–Trinajstić information content (AvgIpc) is 2.32. The Morgan fingerprint density at radius 1 is 1.22 bits per heavy atom. The second kappa shape index (κ2) is 5.59. The number of anilines is 1. The van der Waals surface area contributed by atoms with E-state index < -0.39 is 0 Å². The first-order valence-electron chi connectivity index (χ1n) is 5.18. The number of hydrogen-bond donors (Lipinski definition) is 1. The number of nitrogen functional groups attached to an aromatic ring is 1. The summed E-state index contributed by atoms with van der Waals surface area (Å²) in [5.41, 5.74) is 6.99. The molecule has 0 heterocycles. The Morgan fingerprint density at radius 2 is 2.00 bits per heavy atom. The molecule has 0 unspecified atom stereocenters. The van der Waals surface area contributed by atoms with Crippen LogP contribution < -0.4 is 10.5 Å². The summed E-state index contributed by atoms with van der Waals surface area (Å²) in [4.78, 5) is 0. The Balaban J connectivity index is 2.13. The molecule has 0 spiro atoms. The van der Waals surface area contributed by atoms with Gasteiger partial charge in [-0.05, 0) is 40.2 Å². The lowest BCUT2D eigenvalue weighted by Crippen LogP contribution is -1.98. The van der Waals surface area contributed by atoms with Gasteiger partial charge in [-0.1, -0.05) is 17.7 Å². The number of ether oxygens (including phenoxy) is 1. The second-order valence-corrected chi connectivity index (χ2v) is 4.98. The van der Waals surface area contributed by atoms with Gasteiger partial charge in [0.1, 0.15) is 18.2 Å². The largest absolute Gasteiger partial charge is 0.488 e. The molecular weight excluding hydrogens is 321 g/mol. The molecule has 5 heteroatoms.